The maximum Gasteiger partial charge on any atom is 0.490 e. The van der Waals surface area contributed by atoms with Crippen molar-refractivity contribution in [1.29, 1.82) is 0 Å². The summed E-state index contributed by atoms with van der Waals surface area (Å²) in [5.74, 6) is -5.77. The van der Waals surface area contributed by atoms with E-state index in [-0.39, 0.29) is 62.2 Å². The topological polar surface area (TPSA) is 371 Å². The molecule has 26 nitrogen and oxygen atoms in total. The number of allylic oxidation sites excluding steroid dienone is 3. The van der Waals surface area contributed by atoms with E-state index in [1.807, 2.05) is 13.0 Å². The van der Waals surface area contributed by atoms with Crippen LogP contribution in [0, 0.1) is 11.8 Å². The number of carbonyl (C=O) groups is 9. The van der Waals surface area contributed by atoms with Crippen LogP contribution >= 0.6 is 11.6 Å². The molecule has 0 unspecified atom stereocenters. The van der Waals surface area contributed by atoms with Gasteiger partial charge >= 0.3 is 36.3 Å². The number of unbranched alkanes of at least 4 members (excludes halogenated alkanes) is 2. The number of esters is 1. The van der Waals surface area contributed by atoms with Gasteiger partial charge in [-0.3, -0.25) is 24.5 Å². The molecule has 0 radical (unpaired) electrons. The minimum absolute atomic E-state index is 0.0638. The molecule has 2 fully saturated rings. The number of rotatable bonds is 22. The number of aliphatic carboxylic acids is 1. The monoisotopic (exact) mass is 1280 g/mol. The Morgan fingerprint density at radius 2 is 1.64 bits per heavy atom. The van der Waals surface area contributed by atoms with Gasteiger partial charge < -0.3 is 81.2 Å². The molecular weight excluding hydrogens is 1200 g/mol. The van der Waals surface area contributed by atoms with Crippen LogP contribution in [0.4, 0.5) is 38.9 Å². The van der Waals surface area contributed by atoms with E-state index in [1.165, 1.54) is 38.0 Å². The number of hydrogen-bond acceptors (Lipinski definition) is 17. The molecule has 3 heterocycles. The minimum Gasteiger partial charge on any atom is -0.495 e. The van der Waals surface area contributed by atoms with Crippen molar-refractivity contribution in [3.8, 4) is 5.75 Å². The highest BCUT2D eigenvalue weighted by Crippen LogP contribution is 2.49. The summed E-state index contributed by atoms with van der Waals surface area (Å²) in [5, 5.41) is 32.3. The number of carbonyl (C=O) groups excluding carboxylic acids is 8. The predicted molar refractivity (Wildman–Crippen MR) is 318 cm³/mol. The number of amides is 8. The fraction of sp³-hybridized carbons (Fsp3) is 0.576. The third kappa shape index (κ3) is 21.8. The molecule has 0 aromatic heterocycles. The number of methoxy groups -OCH3 is 2. The molecule has 11 N–H and O–H groups in total. The van der Waals surface area contributed by atoms with Crippen molar-refractivity contribution in [3.05, 3.63) is 76.3 Å². The van der Waals surface area contributed by atoms with Crippen molar-refractivity contribution < 1.29 is 95.0 Å². The Morgan fingerprint density at radius 1 is 0.989 bits per heavy atom. The number of carboxylic acids is 1. The summed E-state index contributed by atoms with van der Waals surface area (Å²) in [4.78, 5) is 116. The van der Waals surface area contributed by atoms with Crippen LogP contribution in [0.5, 0.6) is 5.75 Å². The molecule has 3 aliphatic heterocycles. The molecule has 4 bridgehead atoms. The first-order chi connectivity index (χ1) is 41.6. The van der Waals surface area contributed by atoms with Crippen LogP contribution in [0.1, 0.15) is 104 Å². The Labute approximate surface area is 519 Å². The molecule has 89 heavy (non-hydrogen) atoms. The minimum atomic E-state index is -5.08. The lowest BCUT2D eigenvalue weighted by atomic mass is 9.83. The third-order valence-corrected chi connectivity index (χ3v) is 15.7. The van der Waals surface area contributed by atoms with Crippen LogP contribution in [0.2, 0.25) is 5.02 Å². The second-order valence-corrected chi connectivity index (χ2v) is 22.8. The second-order valence-electron chi connectivity index (χ2n) is 22.5. The molecule has 2 aromatic rings. The smallest absolute Gasteiger partial charge is 0.490 e. The number of likely N-dealkylation sites (N-methyl/N-ethyl adjacent to an activating group) is 1. The number of halogens is 4. The Balaban J connectivity index is 0.00000227. The normalized spacial score (nSPS) is 23.7. The summed E-state index contributed by atoms with van der Waals surface area (Å²) >= 11 is 6.82. The van der Waals surface area contributed by atoms with Gasteiger partial charge in [-0.1, -0.05) is 74.7 Å². The van der Waals surface area contributed by atoms with Crippen LogP contribution in [-0.2, 0) is 65.5 Å². The van der Waals surface area contributed by atoms with Crippen molar-refractivity contribution in [2.24, 2.45) is 23.3 Å². The second kappa shape index (κ2) is 33.2. The van der Waals surface area contributed by atoms with Gasteiger partial charge in [0.05, 0.1) is 31.4 Å². The van der Waals surface area contributed by atoms with Crippen LogP contribution in [0.15, 0.2) is 60.2 Å². The van der Waals surface area contributed by atoms with Gasteiger partial charge in [-0.05, 0) is 94.2 Å². The molecule has 2 saturated heterocycles. The number of nitrogens with two attached hydrogens (primary N) is 2. The first kappa shape index (κ1) is 73.7. The first-order valence-electron chi connectivity index (χ1n) is 28.7. The van der Waals surface area contributed by atoms with Crippen molar-refractivity contribution in [2.75, 3.05) is 51.6 Å². The average Bonchev–Trinajstić information content (AvgIpc) is 1.75. The molecule has 3 aliphatic rings. The molecule has 494 valence electrons. The zero-order valence-electron chi connectivity index (χ0n) is 51.5. The van der Waals surface area contributed by atoms with Crippen LogP contribution in [0.25, 0.3) is 0 Å². The lowest BCUT2D eigenvalue weighted by molar-refractivity contribution is -0.192. The number of alkyl carbamates (subject to hydrolysis) is 2. The number of primary amides is 1. The van der Waals surface area contributed by atoms with Gasteiger partial charge in [-0.15, -0.1) is 0 Å². The number of nitrogens with one attached hydrogen (secondary N) is 5. The molecule has 0 aliphatic carbocycles. The number of epoxide rings is 1. The summed E-state index contributed by atoms with van der Waals surface area (Å²) in [6.07, 6.45) is -3.16. The van der Waals surface area contributed by atoms with E-state index in [4.69, 9.17) is 61.4 Å². The zero-order valence-corrected chi connectivity index (χ0v) is 52.2. The van der Waals surface area contributed by atoms with Gasteiger partial charge in [0.25, 0.3) is 0 Å². The number of nitrogens with zero attached hydrogens (tertiary/aromatic N) is 2. The molecule has 5 rings (SSSR count). The maximum atomic E-state index is 14.4. The predicted octanol–water partition coefficient (Wildman–Crippen LogP) is 5.49. The quantitative estimate of drug-likeness (QED) is 0.0304. The lowest BCUT2D eigenvalue weighted by Crippen LogP contribution is -2.63. The molecule has 2 aromatic carbocycles. The third-order valence-electron chi connectivity index (χ3n) is 15.3. The molecular formula is C59H83ClF3N9O17. The number of ether oxygens (including phenoxy) is 6. The van der Waals surface area contributed by atoms with Gasteiger partial charge in [-0.25, -0.2) is 24.0 Å². The molecule has 0 spiro atoms. The van der Waals surface area contributed by atoms with E-state index in [0.29, 0.717) is 54.8 Å². The number of anilines is 2. The van der Waals surface area contributed by atoms with E-state index in [9.17, 15) is 56.6 Å². The summed E-state index contributed by atoms with van der Waals surface area (Å²) in [7, 11) is 5.91. The lowest BCUT2D eigenvalue weighted by Gasteiger charge is -2.42. The van der Waals surface area contributed by atoms with Gasteiger partial charge in [0.1, 0.15) is 53.4 Å². The Kier molecular flexibility index (Phi) is 27.5. The Bertz CT molecular complexity index is 2900. The standard InChI is InChI=1S/C57H82ClN9O15.C2HF3O2/c1-32(2)48(59)51(71)64-39(17-15-25-61-53(60)73)50(70)63-38-22-20-36(21-23-38)31-79-54(74)62-24-13-11-12-19-45(68)66(7)35(5)52(72)81-44-29-46(69)67(8)40-27-37(28-41(77-9)47(40)58)26-33(3)16-14-18-43(78-10)57(76)30-42(80-55(75)65-57)34(4)49-56(44,6)82-49;3-2(4,5)1(6)7/h14,16,18,20-23,27-28,32,34-35,39,42-44,48-49,76H,11-13,15,17,19,24-26,29-31,59H2,1-10H3,(H,62,74)(H,63,70)(H,64,71)(H,65,75)(H3,60,61,73);(H,6,7)/b18-14+,33-16+;/t34-,35+,39+,42+,43-,44+,48+,49+,56+,57+;/m1./s1. The van der Waals surface area contributed by atoms with E-state index in [0.717, 1.165) is 11.1 Å². The van der Waals surface area contributed by atoms with Gasteiger partial charge in [0.15, 0.2) is 5.72 Å². The van der Waals surface area contributed by atoms with Gasteiger partial charge in [-0.2, -0.15) is 13.2 Å². The Morgan fingerprint density at radius 3 is 2.25 bits per heavy atom. The number of fused-ring (bicyclic) bond motifs is 5. The van der Waals surface area contributed by atoms with Crippen LogP contribution in [0.3, 0.4) is 0 Å². The molecule has 30 heteroatoms. The number of urea groups is 1. The van der Waals surface area contributed by atoms with E-state index >= 15 is 0 Å². The van der Waals surface area contributed by atoms with Crippen molar-refractivity contribution in [3.63, 3.8) is 0 Å². The summed E-state index contributed by atoms with van der Waals surface area (Å²) in [6.45, 7) is 10.9. The number of alkyl halides is 3. The molecule has 10 atom stereocenters. The van der Waals surface area contributed by atoms with E-state index in [2.05, 4.69) is 26.6 Å². The average molecular weight is 1280 g/mol. The largest absolute Gasteiger partial charge is 0.495 e. The first-order valence-corrected chi connectivity index (χ1v) is 29.1. The van der Waals surface area contributed by atoms with Crippen molar-refractivity contribution in [1.82, 2.24) is 26.2 Å². The summed E-state index contributed by atoms with van der Waals surface area (Å²) in [5.41, 5.74) is 11.0. The van der Waals surface area contributed by atoms with Crippen LogP contribution in [-0.4, -0.2) is 170 Å². The highest BCUT2D eigenvalue weighted by molar-refractivity contribution is 6.35. The van der Waals surface area contributed by atoms with E-state index < -0.39 is 114 Å². The highest BCUT2D eigenvalue weighted by Gasteiger charge is 2.64. The van der Waals surface area contributed by atoms with Crippen molar-refractivity contribution in [2.45, 2.75) is 166 Å². The summed E-state index contributed by atoms with van der Waals surface area (Å²) in [6, 6.07) is 6.56. The van der Waals surface area contributed by atoms with Crippen molar-refractivity contribution >= 4 is 76.8 Å². The summed E-state index contributed by atoms with van der Waals surface area (Å²) < 4.78 is 66.5. The maximum absolute atomic E-state index is 14.4. The fourth-order valence-electron chi connectivity index (χ4n) is 9.63. The molecule has 0 saturated carbocycles. The highest BCUT2D eigenvalue weighted by atomic mass is 35.5. The number of aliphatic hydroxyl groups is 1. The zero-order chi connectivity index (χ0) is 66.7. The van der Waals surface area contributed by atoms with Crippen LogP contribution < -0.4 is 47.7 Å². The number of hydrogen-bond donors (Lipinski definition) is 9. The Hall–Kier alpha value is -7.73. The number of carboxylic acid groups (broad SMARTS) is 1. The SMILES string of the molecule is COc1cc2cc(c1Cl)N(C)C(=O)C[C@H](OC(=O)[C@H](C)N(C)C(=O)CCCCCNC(=O)OCc1ccc(NC(=O)[C@H](CCCNC(N)=O)NC(=O)[C@@H](N)C(C)C)cc1)[C@]1(C)O[C@H]1[C@H](C)[C@@H]1C[C@@](O)(NC(=O)O1)[C@H](OC)/C=C/C=C(\C)C2.O=C(O)C(F)(F)F. The van der Waals surface area contributed by atoms with E-state index in [1.54, 1.807) is 83.3 Å². The molecule has 8 amide bonds. The number of benzene rings is 2. The van der Waals surface area contributed by atoms with Gasteiger partial charge in [0.2, 0.25) is 23.6 Å². The van der Waals surface area contributed by atoms with Gasteiger partial charge in [0, 0.05) is 58.7 Å². The fourth-order valence-corrected chi connectivity index (χ4v) is 9.95.